The largest absolute Gasteiger partial charge is 0.443 e. The van der Waals surface area contributed by atoms with Gasteiger partial charge in [-0.25, -0.2) is 4.79 Å². The molecule has 2 heterocycles. The van der Waals surface area contributed by atoms with Gasteiger partial charge in [-0.15, -0.1) is 0 Å². The molecule has 26 heavy (non-hydrogen) atoms. The molecule has 0 aliphatic carbocycles. The van der Waals surface area contributed by atoms with Crippen molar-refractivity contribution in [1.29, 1.82) is 0 Å². The van der Waals surface area contributed by atoms with Crippen LogP contribution in [-0.4, -0.2) is 27.9 Å². The van der Waals surface area contributed by atoms with E-state index in [-0.39, 0.29) is 0 Å². The quantitative estimate of drug-likeness (QED) is 0.631. The molecule has 0 aliphatic rings. The second kappa shape index (κ2) is 7.70. The number of benzene rings is 1. The molecule has 0 aliphatic heterocycles. The Morgan fingerprint density at radius 3 is 2.65 bits per heavy atom. The summed E-state index contributed by atoms with van der Waals surface area (Å²) in [5.74, 6) is 0. The zero-order chi connectivity index (χ0) is 18.6. The van der Waals surface area contributed by atoms with Crippen molar-refractivity contribution >= 4 is 17.0 Å². The summed E-state index contributed by atoms with van der Waals surface area (Å²) in [6, 6.07) is 12.0. The van der Waals surface area contributed by atoms with E-state index in [0.717, 1.165) is 22.0 Å². The molecule has 2 aromatic heterocycles. The van der Waals surface area contributed by atoms with Gasteiger partial charge in [0.1, 0.15) is 5.60 Å². The molecule has 5 nitrogen and oxygen atoms in total. The Kier molecular flexibility index (Phi) is 5.38. The standard InChI is InChI=1S/C21H24N2O3/c1-21(2,3)26-20(24)23-14-17(18-9-11-22-13-19(18)23)10-12-25-15-16-7-5-4-6-8-16/h4-9,11,13-14H,10,12,15H2,1-3H3. The minimum atomic E-state index is -0.547. The topological polar surface area (TPSA) is 53.4 Å². The molecule has 0 unspecified atom stereocenters. The average Bonchev–Trinajstić information content (AvgIpc) is 2.97. The van der Waals surface area contributed by atoms with Gasteiger partial charge in [-0.1, -0.05) is 30.3 Å². The van der Waals surface area contributed by atoms with Gasteiger partial charge in [-0.3, -0.25) is 9.55 Å². The van der Waals surface area contributed by atoms with Crippen LogP contribution in [0.2, 0.25) is 0 Å². The summed E-state index contributed by atoms with van der Waals surface area (Å²) in [4.78, 5) is 16.6. The van der Waals surface area contributed by atoms with Crippen molar-refractivity contribution in [3.63, 3.8) is 0 Å². The molecule has 0 saturated heterocycles. The summed E-state index contributed by atoms with van der Waals surface area (Å²) >= 11 is 0. The molecule has 3 rings (SSSR count). The SMILES string of the molecule is CC(C)(C)OC(=O)n1cc(CCOCc2ccccc2)c2ccncc21. The molecule has 0 amide bonds. The molecule has 1 aromatic carbocycles. The summed E-state index contributed by atoms with van der Waals surface area (Å²) in [5, 5.41) is 0.995. The third kappa shape index (κ3) is 4.49. The van der Waals surface area contributed by atoms with Crippen molar-refractivity contribution in [3.8, 4) is 0 Å². The van der Waals surface area contributed by atoms with E-state index < -0.39 is 11.7 Å². The number of aromatic nitrogens is 2. The third-order valence-corrected chi connectivity index (χ3v) is 3.91. The first-order valence-corrected chi connectivity index (χ1v) is 8.73. The number of rotatable bonds is 5. The molecular weight excluding hydrogens is 328 g/mol. The molecule has 0 N–H and O–H groups in total. The molecule has 136 valence electrons. The van der Waals surface area contributed by atoms with Gasteiger partial charge in [0, 0.05) is 17.8 Å². The fraction of sp³-hybridized carbons (Fsp3) is 0.333. The van der Waals surface area contributed by atoms with Crippen molar-refractivity contribution in [3.05, 3.63) is 66.1 Å². The number of carbonyl (C=O) groups is 1. The highest BCUT2D eigenvalue weighted by Crippen LogP contribution is 2.22. The first-order valence-electron chi connectivity index (χ1n) is 8.73. The molecule has 3 aromatic rings. The Morgan fingerprint density at radius 2 is 1.92 bits per heavy atom. The fourth-order valence-electron chi connectivity index (χ4n) is 2.75. The van der Waals surface area contributed by atoms with Crippen molar-refractivity contribution in [2.75, 3.05) is 6.61 Å². The molecule has 0 atom stereocenters. The predicted molar refractivity (Wildman–Crippen MR) is 101 cm³/mol. The van der Waals surface area contributed by atoms with Gasteiger partial charge in [-0.2, -0.15) is 0 Å². The third-order valence-electron chi connectivity index (χ3n) is 3.91. The van der Waals surface area contributed by atoms with Crippen LogP contribution in [0.1, 0.15) is 31.9 Å². The lowest BCUT2D eigenvalue weighted by atomic mass is 10.1. The molecule has 0 saturated carbocycles. The molecule has 0 radical (unpaired) electrons. The van der Waals surface area contributed by atoms with Crippen LogP contribution in [0.4, 0.5) is 4.79 Å². The highest BCUT2D eigenvalue weighted by molar-refractivity contribution is 5.91. The van der Waals surface area contributed by atoms with Crippen molar-refractivity contribution in [2.24, 2.45) is 0 Å². The number of hydrogen-bond acceptors (Lipinski definition) is 4. The normalized spacial score (nSPS) is 11.7. The first kappa shape index (κ1) is 18.1. The molecule has 0 spiro atoms. The zero-order valence-corrected chi connectivity index (χ0v) is 15.4. The van der Waals surface area contributed by atoms with Crippen LogP contribution in [0.25, 0.3) is 10.9 Å². The summed E-state index contributed by atoms with van der Waals surface area (Å²) in [6.45, 7) is 6.71. The van der Waals surface area contributed by atoms with Gasteiger partial charge in [0.2, 0.25) is 0 Å². The number of carbonyl (C=O) groups excluding carboxylic acids is 1. The molecule has 5 heteroatoms. The van der Waals surface area contributed by atoms with Crippen LogP contribution < -0.4 is 0 Å². The number of hydrogen-bond donors (Lipinski definition) is 0. The van der Waals surface area contributed by atoms with Gasteiger partial charge >= 0.3 is 6.09 Å². The van der Waals surface area contributed by atoms with E-state index >= 15 is 0 Å². The summed E-state index contributed by atoms with van der Waals surface area (Å²) in [7, 11) is 0. The van der Waals surface area contributed by atoms with Gasteiger partial charge in [0.25, 0.3) is 0 Å². The van der Waals surface area contributed by atoms with E-state index in [0.29, 0.717) is 19.6 Å². The number of pyridine rings is 1. The number of ether oxygens (including phenoxy) is 2. The fourth-order valence-corrected chi connectivity index (χ4v) is 2.75. The van der Waals surface area contributed by atoms with E-state index in [9.17, 15) is 4.79 Å². The second-order valence-electron chi connectivity index (χ2n) is 7.19. The maximum atomic E-state index is 12.5. The van der Waals surface area contributed by atoms with E-state index in [1.807, 2.05) is 63.4 Å². The number of fused-ring (bicyclic) bond motifs is 1. The van der Waals surface area contributed by atoms with E-state index in [4.69, 9.17) is 9.47 Å². The maximum absolute atomic E-state index is 12.5. The van der Waals surface area contributed by atoms with Crippen molar-refractivity contribution in [2.45, 2.75) is 39.4 Å². The minimum Gasteiger partial charge on any atom is -0.443 e. The van der Waals surface area contributed by atoms with Crippen LogP contribution in [0.3, 0.4) is 0 Å². The number of nitrogens with zero attached hydrogens (tertiary/aromatic N) is 2. The summed E-state index contributed by atoms with van der Waals surface area (Å²) in [5.41, 5.74) is 2.39. The van der Waals surface area contributed by atoms with Crippen LogP contribution in [0, 0.1) is 0 Å². The van der Waals surface area contributed by atoms with Crippen molar-refractivity contribution in [1.82, 2.24) is 9.55 Å². The average molecular weight is 352 g/mol. The van der Waals surface area contributed by atoms with Gasteiger partial charge in [0.05, 0.1) is 24.9 Å². The molecule has 0 fully saturated rings. The molecular formula is C21H24N2O3. The monoisotopic (exact) mass is 352 g/mol. The van der Waals surface area contributed by atoms with Gasteiger partial charge in [-0.05, 0) is 44.4 Å². The highest BCUT2D eigenvalue weighted by atomic mass is 16.6. The zero-order valence-electron chi connectivity index (χ0n) is 15.4. The second-order valence-corrected chi connectivity index (χ2v) is 7.19. The lowest BCUT2D eigenvalue weighted by molar-refractivity contribution is 0.0544. The Labute approximate surface area is 153 Å². The Bertz CT molecular complexity index is 879. The first-order chi connectivity index (χ1) is 12.4. The highest BCUT2D eigenvalue weighted by Gasteiger charge is 2.20. The predicted octanol–water partition coefficient (Wildman–Crippen LogP) is 4.58. The van der Waals surface area contributed by atoms with E-state index in [1.165, 1.54) is 4.57 Å². The van der Waals surface area contributed by atoms with Crippen LogP contribution >= 0.6 is 0 Å². The minimum absolute atomic E-state index is 0.396. The summed E-state index contributed by atoms with van der Waals surface area (Å²) < 4.78 is 12.8. The molecule has 0 bridgehead atoms. The lowest BCUT2D eigenvalue weighted by Gasteiger charge is -2.19. The Morgan fingerprint density at radius 1 is 1.15 bits per heavy atom. The van der Waals surface area contributed by atoms with Crippen LogP contribution in [0.15, 0.2) is 55.0 Å². The Balaban J connectivity index is 1.71. The maximum Gasteiger partial charge on any atom is 0.419 e. The lowest BCUT2D eigenvalue weighted by Crippen LogP contribution is -2.26. The van der Waals surface area contributed by atoms with E-state index in [2.05, 4.69) is 4.98 Å². The van der Waals surface area contributed by atoms with Gasteiger partial charge in [0.15, 0.2) is 0 Å². The van der Waals surface area contributed by atoms with E-state index in [1.54, 1.807) is 12.4 Å². The van der Waals surface area contributed by atoms with Gasteiger partial charge < -0.3 is 9.47 Å². The summed E-state index contributed by atoms with van der Waals surface area (Å²) in [6.07, 6.45) is 5.56. The van der Waals surface area contributed by atoms with Crippen molar-refractivity contribution < 1.29 is 14.3 Å². The van der Waals surface area contributed by atoms with Crippen LogP contribution in [-0.2, 0) is 22.5 Å². The smallest absolute Gasteiger partial charge is 0.419 e. The van der Waals surface area contributed by atoms with Crippen LogP contribution in [0.5, 0.6) is 0 Å². The Hall–Kier alpha value is -2.66.